The summed E-state index contributed by atoms with van der Waals surface area (Å²) in [5.74, 6) is 0.249. The number of hydrogen-bond donors (Lipinski definition) is 0. The van der Waals surface area contributed by atoms with E-state index < -0.39 is 5.97 Å². The molecule has 0 saturated heterocycles. The molecular weight excluding hydrogens is 342 g/mol. The van der Waals surface area contributed by atoms with Crippen molar-refractivity contribution in [3.63, 3.8) is 0 Å². The number of thiazole rings is 1. The second-order valence-electron chi connectivity index (χ2n) is 5.00. The fourth-order valence-electron chi connectivity index (χ4n) is 2.16. The fourth-order valence-corrected chi connectivity index (χ4v) is 2.94. The zero-order chi connectivity index (χ0) is 17.1. The third kappa shape index (κ3) is 3.31. The van der Waals surface area contributed by atoms with Gasteiger partial charge in [-0.2, -0.15) is 0 Å². The van der Waals surface area contributed by atoms with Crippen molar-refractivity contribution in [2.24, 2.45) is 0 Å². The maximum atomic E-state index is 12.2. The van der Waals surface area contributed by atoms with Crippen LogP contribution in [-0.2, 0) is 11.3 Å². The lowest BCUT2D eigenvalue weighted by molar-refractivity contribution is 0.0468. The number of hydrogen-bond acceptors (Lipinski definition) is 8. The molecule has 0 aliphatic carbocycles. The molecule has 3 heterocycles. The van der Waals surface area contributed by atoms with Crippen LogP contribution in [0.2, 0.25) is 0 Å². The third-order valence-corrected chi connectivity index (χ3v) is 4.24. The van der Waals surface area contributed by atoms with Gasteiger partial charge in [0, 0.05) is 5.38 Å². The van der Waals surface area contributed by atoms with Crippen LogP contribution in [0.3, 0.4) is 0 Å². The largest absolute Gasteiger partial charge is 0.462 e. The highest BCUT2D eigenvalue weighted by Gasteiger charge is 2.12. The molecule has 0 N–H and O–H groups in total. The van der Waals surface area contributed by atoms with E-state index in [9.17, 15) is 4.79 Å². The quantitative estimate of drug-likeness (QED) is 0.509. The second kappa shape index (κ2) is 6.65. The lowest BCUT2D eigenvalue weighted by Crippen LogP contribution is -2.06. The van der Waals surface area contributed by atoms with Gasteiger partial charge in [-0.15, -0.1) is 16.4 Å². The molecule has 3 aromatic heterocycles. The highest BCUT2D eigenvalue weighted by molar-refractivity contribution is 7.13. The van der Waals surface area contributed by atoms with Gasteiger partial charge in [-0.05, 0) is 40.8 Å². The topological polar surface area (TPSA) is 95.9 Å². The van der Waals surface area contributed by atoms with Crippen molar-refractivity contribution in [1.29, 1.82) is 0 Å². The molecule has 0 unspecified atom stereocenters. The zero-order valence-electron chi connectivity index (χ0n) is 12.8. The monoisotopic (exact) mass is 353 g/mol. The summed E-state index contributed by atoms with van der Waals surface area (Å²) in [6.07, 6.45) is 3.05. The SMILES string of the molecule is O=C(OCc1csc(-c2ccco2)n1)c1cccc(-n2cnnn2)c1. The van der Waals surface area contributed by atoms with Gasteiger partial charge in [0.15, 0.2) is 10.8 Å². The van der Waals surface area contributed by atoms with Crippen LogP contribution in [0, 0.1) is 0 Å². The van der Waals surface area contributed by atoms with E-state index in [0.717, 1.165) is 5.01 Å². The van der Waals surface area contributed by atoms with Gasteiger partial charge in [0.25, 0.3) is 0 Å². The van der Waals surface area contributed by atoms with Crippen molar-refractivity contribution in [3.8, 4) is 16.5 Å². The molecule has 9 heteroatoms. The first-order chi connectivity index (χ1) is 12.3. The first-order valence-electron chi connectivity index (χ1n) is 7.28. The van der Waals surface area contributed by atoms with Crippen LogP contribution in [0.4, 0.5) is 0 Å². The number of benzene rings is 1. The van der Waals surface area contributed by atoms with E-state index in [1.54, 1.807) is 36.6 Å². The number of rotatable bonds is 5. The molecule has 0 amide bonds. The minimum atomic E-state index is -0.442. The molecule has 0 fully saturated rings. The number of tetrazole rings is 1. The molecular formula is C16H11N5O3S. The van der Waals surface area contributed by atoms with Gasteiger partial charge >= 0.3 is 5.97 Å². The van der Waals surface area contributed by atoms with E-state index in [2.05, 4.69) is 20.5 Å². The highest BCUT2D eigenvalue weighted by atomic mass is 32.1. The normalized spacial score (nSPS) is 10.7. The lowest BCUT2D eigenvalue weighted by Gasteiger charge is -2.05. The number of ether oxygens (including phenoxy) is 1. The minimum Gasteiger partial charge on any atom is -0.462 e. The number of carbonyl (C=O) groups excluding carboxylic acids is 1. The summed E-state index contributed by atoms with van der Waals surface area (Å²) in [4.78, 5) is 16.6. The molecule has 1 aromatic carbocycles. The van der Waals surface area contributed by atoms with Crippen LogP contribution in [0.5, 0.6) is 0 Å². The summed E-state index contributed by atoms with van der Waals surface area (Å²) in [6.45, 7) is 0.0884. The molecule has 25 heavy (non-hydrogen) atoms. The Kier molecular flexibility index (Phi) is 4.05. The molecule has 0 radical (unpaired) electrons. The first-order valence-corrected chi connectivity index (χ1v) is 8.16. The Morgan fingerprint density at radius 2 is 2.24 bits per heavy atom. The summed E-state index contributed by atoms with van der Waals surface area (Å²) in [6, 6.07) is 10.5. The number of aromatic nitrogens is 5. The maximum absolute atomic E-state index is 12.2. The molecule has 0 saturated carbocycles. The maximum Gasteiger partial charge on any atom is 0.338 e. The van der Waals surface area contributed by atoms with Crippen LogP contribution >= 0.6 is 11.3 Å². The van der Waals surface area contributed by atoms with Crippen molar-refractivity contribution < 1.29 is 13.9 Å². The average Bonchev–Trinajstić information content (AvgIpc) is 3.42. The Balaban J connectivity index is 1.43. The Hall–Kier alpha value is -3.33. The fraction of sp³-hybridized carbons (Fsp3) is 0.0625. The summed E-state index contributed by atoms with van der Waals surface area (Å²) in [5, 5.41) is 13.5. The predicted molar refractivity (Wildman–Crippen MR) is 88.1 cm³/mol. The predicted octanol–water partition coefficient (Wildman–Crippen LogP) is 2.74. The van der Waals surface area contributed by atoms with E-state index >= 15 is 0 Å². The van der Waals surface area contributed by atoms with E-state index in [1.165, 1.54) is 22.3 Å². The van der Waals surface area contributed by atoms with Crippen molar-refractivity contribution >= 4 is 17.3 Å². The van der Waals surface area contributed by atoms with Crippen molar-refractivity contribution in [3.05, 3.63) is 65.6 Å². The van der Waals surface area contributed by atoms with Gasteiger partial charge in [0.05, 0.1) is 23.2 Å². The van der Waals surface area contributed by atoms with E-state index in [1.807, 2.05) is 11.4 Å². The summed E-state index contributed by atoms with van der Waals surface area (Å²) in [5.41, 5.74) is 1.75. The Bertz CT molecular complexity index is 979. The van der Waals surface area contributed by atoms with Gasteiger partial charge < -0.3 is 9.15 Å². The summed E-state index contributed by atoms with van der Waals surface area (Å²) >= 11 is 1.43. The van der Waals surface area contributed by atoms with Crippen molar-refractivity contribution in [2.75, 3.05) is 0 Å². The van der Waals surface area contributed by atoms with Crippen molar-refractivity contribution in [2.45, 2.75) is 6.61 Å². The van der Waals surface area contributed by atoms with Crippen LogP contribution in [0.25, 0.3) is 16.5 Å². The Morgan fingerprint density at radius 3 is 3.04 bits per heavy atom. The summed E-state index contributed by atoms with van der Waals surface area (Å²) < 4.78 is 12.1. The van der Waals surface area contributed by atoms with Crippen molar-refractivity contribution in [1.82, 2.24) is 25.2 Å². The Labute approximate surface area is 145 Å². The second-order valence-corrected chi connectivity index (χ2v) is 5.86. The molecule has 0 aliphatic rings. The third-order valence-electron chi connectivity index (χ3n) is 3.33. The van der Waals surface area contributed by atoms with Crippen LogP contribution in [0.1, 0.15) is 16.1 Å². The van der Waals surface area contributed by atoms with E-state index in [0.29, 0.717) is 22.7 Å². The molecule has 0 aliphatic heterocycles. The highest BCUT2D eigenvalue weighted by Crippen LogP contribution is 2.24. The van der Waals surface area contributed by atoms with Crippen LogP contribution in [0.15, 0.2) is 58.8 Å². The smallest absolute Gasteiger partial charge is 0.338 e. The molecule has 0 bridgehead atoms. The minimum absolute atomic E-state index is 0.0884. The number of nitrogens with zero attached hydrogens (tertiary/aromatic N) is 5. The molecule has 4 aromatic rings. The molecule has 0 atom stereocenters. The number of esters is 1. The van der Waals surface area contributed by atoms with Crippen LogP contribution < -0.4 is 0 Å². The molecule has 0 spiro atoms. The standard InChI is InChI=1S/C16H11N5O3S/c22-16(11-3-1-4-13(7-11)21-10-17-19-20-21)24-8-12-9-25-15(18-12)14-5-2-6-23-14/h1-7,9-10H,8H2. The number of furan rings is 1. The number of carbonyl (C=O) groups is 1. The lowest BCUT2D eigenvalue weighted by atomic mass is 10.2. The average molecular weight is 353 g/mol. The Morgan fingerprint density at radius 1 is 1.28 bits per heavy atom. The van der Waals surface area contributed by atoms with Gasteiger partial charge in [-0.1, -0.05) is 6.07 Å². The zero-order valence-corrected chi connectivity index (χ0v) is 13.6. The van der Waals surface area contributed by atoms with Gasteiger partial charge in [-0.25, -0.2) is 14.5 Å². The molecule has 4 rings (SSSR count). The van der Waals surface area contributed by atoms with Gasteiger partial charge in [0.2, 0.25) is 0 Å². The van der Waals surface area contributed by atoms with E-state index in [-0.39, 0.29) is 6.61 Å². The van der Waals surface area contributed by atoms with Gasteiger partial charge in [0.1, 0.15) is 12.9 Å². The summed E-state index contributed by atoms with van der Waals surface area (Å²) in [7, 11) is 0. The van der Waals surface area contributed by atoms with Gasteiger partial charge in [-0.3, -0.25) is 0 Å². The molecule has 8 nitrogen and oxygen atoms in total. The van der Waals surface area contributed by atoms with E-state index in [4.69, 9.17) is 9.15 Å². The van der Waals surface area contributed by atoms with Crippen LogP contribution in [-0.4, -0.2) is 31.2 Å². The first kappa shape index (κ1) is 15.2. The molecule has 124 valence electrons.